The Morgan fingerprint density at radius 2 is 0.784 bits per heavy atom. The molecule has 1 amide bonds. The Morgan fingerprint density at radius 3 is 1.18 bits per heavy atom. The number of carbonyl (C=O) groups is 1. The van der Waals surface area contributed by atoms with E-state index < -0.39 is 86.8 Å². The van der Waals surface area contributed by atoms with Gasteiger partial charge in [-0.3, -0.25) is 4.79 Å². The second-order valence-corrected chi connectivity index (χ2v) is 25.3. The SMILES string of the molecule is CC/C=C\C/C=C\C/C=C\C/C=C\C/C=C\C/C=C\CCCCC(=O)NC(COC1OC(CO)C(OC2OC(CO)C(O)C(O)C2O)C(O)C1O)C(O)CCCCCCCCCCCCCCCCCCCCCCCCCCCCCCCCCCC. The first-order chi connectivity index (χ1) is 43.1. The Labute approximate surface area is 536 Å². The third-order valence-corrected chi connectivity index (χ3v) is 17.4. The smallest absolute Gasteiger partial charge is 0.220 e. The molecule has 14 heteroatoms. The maximum absolute atomic E-state index is 13.3. The summed E-state index contributed by atoms with van der Waals surface area (Å²) in [5.74, 6) is -0.247. The molecule has 12 atom stereocenters. The van der Waals surface area contributed by atoms with E-state index in [0.29, 0.717) is 12.8 Å². The minimum absolute atomic E-state index is 0.246. The van der Waals surface area contributed by atoms with E-state index in [1.165, 1.54) is 186 Å². The summed E-state index contributed by atoms with van der Waals surface area (Å²) in [6.07, 6.45) is 62.2. The summed E-state index contributed by atoms with van der Waals surface area (Å²) in [4.78, 5) is 13.3. The minimum atomic E-state index is -1.79. The van der Waals surface area contributed by atoms with Gasteiger partial charge in [-0.05, 0) is 64.2 Å². The lowest BCUT2D eigenvalue weighted by Crippen LogP contribution is -2.65. The highest BCUT2D eigenvalue weighted by Crippen LogP contribution is 2.30. The van der Waals surface area contributed by atoms with E-state index in [1.54, 1.807) is 0 Å². The van der Waals surface area contributed by atoms with Crippen molar-refractivity contribution >= 4 is 5.91 Å². The van der Waals surface area contributed by atoms with Crippen LogP contribution in [-0.4, -0.2) is 140 Å². The number of nitrogens with one attached hydrogen (secondary N) is 1. The van der Waals surface area contributed by atoms with Gasteiger partial charge in [0.2, 0.25) is 5.91 Å². The topological polar surface area (TPSA) is 228 Å². The predicted octanol–water partition coefficient (Wildman–Crippen LogP) is 15.0. The van der Waals surface area contributed by atoms with Gasteiger partial charge in [-0.1, -0.05) is 299 Å². The van der Waals surface area contributed by atoms with Gasteiger partial charge in [-0.25, -0.2) is 0 Å². The molecule has 0 aromatic carbocycles. The maximum Gasteiger partial charge on any atom is 0.220 e. The van der Waals surface area contributed by atoms with Crippen LogP contribution in [0.3, 0.4) is 0 Å². The van der Waals surface area contributed by atoms with Crippen molar-refractivity contribution in [1.29, 1.82) is 0 Å². The molecule has 0 spiro atoms. The average molecular weight is 1240 g/mol. The summed E-state index contributed by atoms with van der Waals surface area (Å²) in [5, 5.41) is 87.6. The Bertz CT molecular complexity index is 1750. The van der Waals surface area contributed by atoms with Gasteiger partial charge in [0, 0.05) is 6.42 Å². The summed E-state index contributed by atoms with van der Waals surface area (Å²) in [6, 6.07) is -0.859. The molecule has 9 N–H and O–H groups in total. The number of amides is 1. The molecule has 0 aromatic heterocycles. The Hall–Kier alpha value is -2.57. The molecular weight excluding hydrogens is 1110 g/mol. The molecular formula is C74H133NO13. The minimum Gasteiger partial charge on any atom is -0.394 e. The highest BCUT2D eigenvalue weighted by molar-refractivity contribution is 5.76. The van der Waals surface area contributed by atoms with Crippen molar-refractivity contribution < 1.29 is 64.6 Å². The fourth-order valence-corrected chi connectivity index (χ4v) is 11.7. The summed E-state index contributed by atoms with van der Waals surface area (Å²) in [5.41, 5.74) is 0. The molecule has 2 heterocycles. The van der Waals surface area contributed by atoms with Gasteiger partial charge in [-0.15, -0.1) is 0 Å². The zero-order chi connectivity index (χ0) is 63.8. The molecule has 2 saturated heterocycles. The van der Waals surface area contributed by atoms with Crippen LogP contribution in [0.4, 0.5) is 0 Å². The van der Waals surface area contributed by atoms with E-state index in [2.05, 4.69) is 92.1 Å². The first-order valence-electron chi connectivity index (χ1n) is 36.2. The Morgan fingerprint density at radius 1 is 0.420 bits per heavy atom. The maximum atomic E-state index is 13.3. The lowest BCUT2D eigenvalue weighted by atomic mass is 9.97. The Kier molecular flexibility index (Phi) is 54.0. The highest BCUT2D eigenvalue weighted by atomic mass is 16.7. The number of hydrogen-bond donors (Lipinski definition) is 9. The quantitative estimate of drug-likeness (QED) is 0.0204. The van der Waals surface area contributed by atoms with Crippen molar-refractivity contribution in [3.8, 4) is 0 Å². The zero-order valence-electron chi connectivity index (χ0n) is 55.7. The van der Waals surface area contributed by atoms with Crippen molar-refractivity contribution in [3.05, 3.63) is 72.9 Å². The van der Waals surface area contributed by atoms with Gasteiger partial charge in [0.1, 0.15) is 48.8 Å². The van der Waals surface area contributed by atoms with Crippen LogP contribution in [-0.2, 0) is 23.7 Å². The number of rotatable bonds is 59. The summed E-state index contributed by atoms with van der Waals surface area (Å²) in [7, 11) is 0. The highest BCUT2D eigenvalue weighted by Gasteiger charge is 2.51. The van der Waals surface area contributed by atoms with Crippen LogP contribution in [0.25, 0.3) is 0 Å². The fourth-order valence-electron chi connectivity index (χ4n) is 11.7. The van der Waals surface area contributed by atoms with Crippen molar-refractivity contribution in [1.82, 2.24) is 5.32 Å². The molecule has 0 aliphatic carbocycles. The number of carbonyl (C=O) groups excluding carboxylic acids is 1. The zero-order valence-corrected chi connectivity index (χ0v) is 55.7. The third-order valence-electron chi connectivity index (χ3n) is 17.4. The molecule has 0 saturated carbocycles. The molecule has 0 aromatic rings. The Balaban J connectivity index is 1.65. The van der Waals surface area contributed by atoms with Crippen LogP contribution in [0.2, 0.25) is 0 Å². The normalized spacial score (nSPS) is 23.6. The van der Waals surface area contributed by atoms with E-state index in [1.807, 2.05) is 0 Å². The molecule has 12 unspecified atom stereocenters. The summed E-state index contributed by atoms with van der Waals surface area (Å²) >= 11 is 0. The molecule has 2 aliphatic rings. The number of aliphatic hydroxyl groups excluding tert-OH is 8. The van der Waals surface area contributed by atoms with E-state index >= 15 is 0 Å². The number of hydrogen-bond acceptors (Lipinski definition) is 13. The van der Waals surface area contributed by atoms with Crippen LogP contribution in [0, 0.1) is 0 Å². The lowest BCUT2D eigenvalue weighted by molar-refractivity contribution is -0.359. The number of unbranched alkanes of at least 4 members (excludes halogenated alkanes) is 34. The molecule has 512 valence electrons. The largest absolute Gasteiger partial charge is 0.394 e. The van der Waals surface area contributed by atoms with Crippen LogP contribution >= 0.6 is 0 Å². The van der Waals surface area contributed by atoms with Gasteiger partial charge in [0.15, 0.2) is 12.6 Å². The molecule has 14 nitrogen and oxygen atoms in total. The van der Waals surface area contributed by atoms with Crippen molar-refractivity contribution in [2.24, 2.45) is 0 Å². The van der Waals surface area contributed by atoms with Gasteiger partial charge < -0.3 is 65.1 Å². The predicted molar refractivity (Wildman–Crippen MR) is 360 cm³/mol. The summed E-state index contributed by atoms with van der Waals surface area (Å²) in [6.45, 7) is 2.75. The van der Waals surface area contributed by atoms with Gasteiger partial charge >= 0.3 is 0 Å². The monoisotopic (exact) mass is 1240 g/mol. The standard InChI is InChI=1S/C74H133NO13/c1-3-5-7-9-11-13-15-17-19-21-23-25-26-27-28-29-30-31-32-33-34-35-36-38-39-41-43-45-47-49-51-53-55-57-63(78)62(61-85-73-71(84)69(82)72(65(60-77)87-73)88-74-70(83)68(81)67(80)64(59-76)86-74)75-66(79)58-56-54-52-50-48-46-44-42-40-37-24-22-20-18-16-14-12-10-8-6-4-2/h6,8,12,14,18,20,24,37,42,44,48,50,62-65,67-74,76-78,80-84H,3-5,7,9-11,13,15-17,19,21-23,25-36,38-41,43,45-47,49,51-61H2,1-2H3,(H,75,79)/b8-6-,14-12-,20-18-,37-24-,44-42-,50-48-. The van der Waals surface area contributed by atoms with E-state index in [9.17, 15) is 45.6 Å². The van der Waals surface area contributed by atoms with Gasteiger partial charge in [0.25, 0.3) is 0 Å². The van der Waals surface area contributed by atoms with E-state index in [0.717, 1.165) is 77.0 Å². The van der Waals surface area contributed by atoms with E-state index in [-0.39, 0.29) is 18.9 Å². The van der Waals surface area contributed by atoms with Gasteiger partial charge in [0.05, 0.1) is 32.0 Å². The average Bonchev–Trinajstić information content (AvgIpc) is 2.01. The second kappa shape index (κ2) is 58.3. The van der Waals surface area contributed by atoms with Crippen LogP contribution < -0.4 is 5.32 Å². The van der Waals surface area contributed by atoms with Crippen molar-refractivity contribution in [3.63, 3.8) is 0 Å². The summed E-state index contributed by atoms with van der Waals surface area (Å²) < 4.78 is 22.9. The van der Waals surface area contributed by atoms with Crippen LogP contribution in [0.5, 0.6) is 0 Å². The van der Waals surface area contributed by atoms with Crippen LogP contribution in [0.15, 0.2) is 72.9 Å². The van der Waals surface area contributed by atoms with Gasteiger partial charge in [-0.2, -0.15) is 0 Å². The third kappa shape index (κ3) is 41.8. The fraction of sp³-hybridized carbons (Fsp3) is 0.824. The molecule has 0 bridgehead atoms. The first-order valence-corrected chi connectivity index (χ1v) is 36.2. The lowest BCUT2D eigenvalue weighted by Gasteiger charge is -2.46. The van der Waals surface area contributed by atoms with Crippen LogP contribution in [0.1, 0.15) is 296 Å². The molecule has 0 radical (unpaired) electrons. The number of aliphatic hydroxyl groups is 8. The van der Waals surface area contributed by atoms with Crippen molar-refractivity contribution in [2.75, 3.05) is 19.8 Å². The first kappa shape index (κ1) is 81.5. The number of ether oxygens (including phenoxy) is 4. The molecule has 88 heavy (non-hydrogen) atoms. The van der Waals surface area contributed by atoms with Crippen molar-refractivity contribution in [2.45, 2.75) is 370 Å². The second-order valence-electron chi connectivity index (χ2n) is 25.3. The molecule has 2 rings (SSSR count). The molecule has 2 aliphatic heterocycles. The molecule has 2 fully saturated rings. The number of allylic oxidation sites excluding steroid dienone is 12. The van der Waals surface area contributed by atoms with E-state index in [4.69, 9.17) is 18.9 Å².